The SMILES string of the molecule is CC(C)(C)C1=CC=C(N2CCN(CCC(=O)N3CC[C@@H](Nc4ccc([N+](=O)[O-])c(C(F)(F)F)c4)C3)CC2)CC1. The topological polar surface area (TPSA) is 82.0 Å². The second-order valence-corrected chi connectivity index (χ2v) is 11.6. The van der Waals surface area contributed by atoms with Gasteiger partial charge in [-0.25, -0.2) is 0 Å². The minimum absolute atomic E-state index is 0.0382. The molecule has 0 saturated carbocycles. The van der Waals surface area contributed by atoms with Crippen molar-refractivity contribution in [1.29, 1.82) is 0 Å². The van der Waals surface area contributed by atoms with Crippen LogP contribution in [-0.4, -0.2) is 77.4 Å². The molecular formula is C28H38F3N5O3. The lowest BCUT2D eigenvalue weighted by molar-refractivity contribution is -0.388. The van der Waals surface area contributed by atoms with Crippen LogP contribution in [0.4, 0.5) is 24.5 Å². The maximum Gasteiger partial charge on any atom is 0.423 e. The van der Waals surface area contributed by atoms with Crippen molar-refractivity contribution in [3.05, 3.63) is 57.3 Å². The Labute approximate surface area is 227 Å². The van der Waals surface area contributed by atoms with Crippen LogP contribution in [0.15, 0.2) is 41.6 Å². The molecule has 0 spiro atoms. The summed E-state index contributed by atoms with van der Waals surface area (Å²) >= 11 is 0. The van der Waals surface area contributed by atoms with E-state index in [2.05, 4.69) is 48.0 Å². The smallest absolute Gasteiger partial charge is 0.380 e. The minimum atomic E-state index is -4.83. The van der Waals surface area contributed by atoms with Crippen molar-refractivity contribution in [2.45, 2.75) is 58.7 Å². The number of benzene rings is 1. The number of nitrogens with zero attached hydrogens (tertiary/aromatic N) is 4. The first-order valence-electron chi connectivity index (χ1n) is 13.6. The molecule has 3 aliphatic rings. The molecule has 11 heteroatoms. The van der Waals surface area contributed by atoms with Gasteiger partial charge in [-0.05, 0) is 42.9 Å². The molecule has 2 fully saturated rings. The number of anilines is 1. The quantitative estimate of drug-likeness (QED) is 0.368. The Kier molecular flexibility index (Phi) is 8.58. The Hall–Kier alpha value is -3.08. The molecule has 8 nitrogen and oxygen atoms in total. The molecule has 0 aromatic heterocycles. The number of likely N-dealkylation sites (tertiary alicyclic amines) is 1. The number of carbonyl (C=O) groups excluding carboxylic acids is 1. The number of piperazine rings is 1. The lowest BCUT2D eigenvalue weighted by Crippen LogP contribution is -2.47. The van der Waals surface area contributed by atoms with Crippen molar-refractivity contribution in [1.82, 2.24) is 14.7 Å². The van der Waals surface area contributed by atoms with Gasteiger partial charge in [0.1, 0.15) is 5.56 Å². The number of alkyl halides is 3. The molecule has 0 unspecified atom stereocenters. The van der Waals surface area contributed by atoms with E-state index < -0.39 is 22.4 Å². The Bertz CT molecular complexity index is 1130. The molecule has 214 valence electrons. The summed E-state index contributed by atoms with van der Waals surface area (Å²) in [6.07, 6.45) is 2.89. The van der Waals surface area contributed by atoms with Gasteiger partial charge in [-0.1, -0.05) is 32.4 Å². The lowest BCUT2D eigenvalue weighted by atomic mass is 9.81. The summed E-state index contributed by atoms with van der Waals surface area (Å²) in [5, 5.41) is 14.0. The summed E-state index contributed by atoms with van der Waals surface area (Å²) in [5.74, 6) is 0.0382. The van der Waals surface area contributed by atoms with Gasteiger partial charge in [0.15, 0.2) is 0 Å². The lowest BCUT2D eigenvalue weighted by Gasteiger charge is -2.39. The number of amides is 1. The molecule has 1 N–H and O–H groups in total. The molecular weight excluding hydrogens is 511 g/mol. The largest absolute Gasteiger partial charge is 0.423 e. The van der Waals surface area contributed by atoms with Crippen LogP contribution in [-0.2, 0) is 11.0 Å². The number of hydrogen-bond donors (Lipinski definition) is 1. The number of allylic oxidation sites excluding steroid dienone is 4. The first-order chi connectivity index (χ1) is 18.3. The van der Waals surface area contributed by atoms with E-state index in [9.17, 15) is 28.1 Å². The molecule has 0 bridgehead atoms. The predicted molar refractivity (Wildman–Crippen MR) is 144 cm³/mol. The standard InChI is InChI=1S/C28H38F3N5O3/c1-27(2,3)20-4-7-23(8-5-20)34-16-14-33(15-17-34)12-11-26(37)35-13-10-22(19-35)32-21-6-9-25(36(38)39)24(18-21)28(29,30)31/h4,6-7,9,18,22,32H,5,8,10-17,19H2,1-3H3/t22-/m1/s1. The number of rotatable bonds is 7. The van der Waals surface area contributed by atoms with Crippen LogP contribution in [0.3, 0.4) is 0 Å². The van der Waals surface area contributed by atoms with Gasteiger partial charge in [0, 0.05) is 75.7 Å². The highest BCUT2D eigenvalue weighted by Gasteiger charge is 2.39. The molecule has 0 radical (unpaired) electrons. The average Bonchev–Trinajstić information content (AvgIpc) is 3.35. The van der Waals surface area contributed by atoms with Gasteiger partial charge in [0.25, 0.3) is 5.69 Å². The number of nitrogens with one attached hydrogen (secondary N) is 1. The Morgan fingerprint density at radius 2 is 1.79 bits per heavy atom. The summed E-state index contributed by atoms with van der Waals surface area (Å²) in [4.78, 5) is 29.3. The molecule has 2 saturated heterocycles. The minimum Gasteiger partial charge on any atom is -0.380 e. The summed E-state index contributed by atoms with van der Waals surface area (Å²) < 4.78 is 39.8. The van der Waals surface area contributed by atoms with Crippen LogP contribution in [0.2, 0.25) is 0 Å². The van der Waals surface area contributed by atoms with Crippen molar-refractivity contribution in [3.63, 3.8) is 0 Å². The van der Waals surface area contributed by atoms with Gasteiger partial charge in [-0.2, -0.15) is 13.2 Å². The summed E-state index contributed by atoms with van der Waals surface area (Å²) in [6.45, 7) is 12.1. The molecule has 1 amide bonds. The van der Waals surface area contributed by atoms with Crippen LogP contribution >= 0.6 is 0 Å². The second kappa shape index (κ2) is 11.6. The third-order valence-electron chi connectivity index (χ3n) is 7.92. The van der Waals surface area contributed by atoms with Crippen molar-refractivity contribution >= 4 is 17.3 Å². The van der Waals surface area contributed by atoms with Crippen molar-refractivity contribution in [3.8, 4) is 0 Å². The number of halogens is 3. The maximum atomic E-state index is 13.3. The average molecular weight is 550 g/mol. The molecule has 2 aliphatic heterocycles. The fourth-order valence-electron chi connectivity index (χ4n) is 5.54. The number of carbonyl (C=O) groups is 1. The van der Waals surface area contributed by atoms with Crippen LogP contribution in [0.25, 0.3) is 0 Å². The van der Waals surface area contributed by atoms with E-state index in [4.69, 9.17) is 0 Å². The van der Waals surface area contributed by atoms with Gasteiger partial charge < -0.3 is 15.1 Å². The van der Waals surface area contributed by atoms with Crippen molar-refractivity contribution < 1.29 is 22.9 Å². The highest BCUT2D eigenvalue weighted by Crippen LogP contribution is 2.38. The zero-order valence-electron chi connectivity index (χ0n) is 22.9. The summed E-state index contributed by atoms with van der Waals surface area (Å²) in [5.41, 5.74) is 0.989. The van der Waals surface area contributed by atoms with E-state index in [1.54, 1.807) is 4.90 Å². The maximum absolute atomic E-state index is 13.3. The van der Waals surface area contributed by atoms with Crippen LogP contribution in [0.5, 0.6) is 0 Å². The highest BCUT2D eigenvalue weighted by atomic mass is 19.4. The Morgan fingerprint density at radius 1 is 1.08 bits per heavy atom. The second-order valence-electron chi connectivity index (χ2n) is 11.6. The van der Waals surface area contributed by atoms with Crippen molar-refractivity contribution in [2.24, 2.45) is 5.41 Å². The van der Waals surface area contributed by atoms with Gasteiger partial charge in [-0.15, -0.1) is 0 Å². The van der Waals surface area contributed by atoms with E-state index in [1.807, 2.05) is 0 Å². The Balaban J connectivity index is 1.22. The van der Waals surface area contributed by atoms with Gasteiger partial charge in [0.2, 0.25) is 5.91 Å². The molecule has 1 aromatic carbocycles. The fourth-order valence-corrected chi connectivity index (χ4v) is 5.54. The van der Waals surface area contributed by atoms with Gasteiger partial charge in [-0.3, -0.25) is 19.8 Å². The third-order valence-corrected chi connectivity index (χ3v) is 7.92. The first kappa shape index (κ1) is 28.9. The molecule has 2 heterocycles. The predicted octanol–water partition coefficient (Wildman–Crippen LogP) is 5.28. The molecule has 1 atom stereocenters. The molecule has 39 heavy (non-hydrogen) atoms. The Morgan fingerprint density at radius 3 is 2.38 bits per heavy atom. The van der Waals surface area contributed by atoms with E-state index in [0.29, 0.717) is 32.5 Å². The van der Waals surface area contributed by atoms with E-state index >= 15 is 0 Å². The fraction of sp³-hybridized carbons (Fsp3) is 0.607. The van der Waals surface area contributed by atoms with Gasteiger partial charge >= 0.3 is 6.18 Å². The first-order valence-corrected chi connectivity index (χ1v) is 13.6. The molecule has 4 rings (SSSR count). The number of hydrogen-bond acceptors (Lipinski definition) is 6. The zero-order valence-corrected chi connectivity index (χ0v) is 22.9. The van der Waals surface area contributed by atoms with E-state index in [0.717, 1.165) is 51.2 Å². The molecule has 1 aromatic rings. The number of nitro benzene ring substituents is 1. The van der Waals surface area contributed by atoms with E-state index in [1.165, 1.54) is 17.3 Å². The molecule has 1 aliphatic carbocycles. The highest BCUT2D eigenvalue weighted by molar-refractivity contribution is 5.76. The third kappa shape index (κ3) is 7.32. The normalized spacial score (nSPS) is 21.0. The summed E-state index contributed by atoms with van der Waals surface area (Å²) in [7, 11) is 0. The number of nitro groups is 1. The van der Waals surface area contributed by atoms with Crippen molar-refractivity contribution in [2.75, 3.05) is 51.1 Å². The summed E-state index contributed by atoms with van der Waals surface area (Å²) in [6, 6.07) is 2.70. The van der Waals surface area contributed by atoms with Gasteiger partial charge in [0.05, 0.1) is 4.92 Å². The van der Waals surface area contributed by atoms with E-state index in [-0.39, 0.29) is 23.1 Å². The van der Waals surface area contributed by atoms with Crippen LogP contribution < -0.4 is 5.32 Å². The van der Waals surface area contributed by atoms with Crippen LogP contribution in [0, 0.1) is 15.5 Å². The monoisotopic (exact) mass is 549 g/mol. The zero-order chi connectivity index (χ0) is 28.4. The van der Waals surface area contributed by atoms with Crippen LogP contribution in [0.1, 0.15) is 52.0 Å².